The first kappa shape index (κ1) is 15.7. The minimum atomic E-state index is -0.664. The summed E-state index contributed by atoms with van der Waals surface area (Å²) in [4.78, 5) is 10.9. The zero-order valence-electron chi connectivity index (χ0n) is 10.3. The molecule has 1 saturated carbocycles. The fourth-order valence-electron chi connectivity index (χ4n) is 2.87. The van der Waals surface area contributed by atoms with Crippen molar-refractivity contribution < 1.29 is 28.0 Å². The van der Waals surface area contributed by atoms with E-state index in [2.05, 4.69) is 19.6 Å². The summed E-state index contributed by atoms with van der Waals surface area (Å²) in [5.41, 5.74) is 3.95. The molecule has 4 heteroatoms. The number of rotatable bonds is 4. The molecule has 3 nitrogen and oxygen atoms in total. The maximum absolute atomic E-state index is 10.9. The fraction of sp³-hybridized carbons (Fsp3) is 0.917. The van der Waals surface area contributed by atoms with Crippen LogP contribution in [0.15, 0.2) is 0 Å². The summed E-state index contributed by atoms with van der Waals surface area (Å²) in [7, 11) is 0. The summed E-state index contributed by atoms with van der Waals surface area (Å²) >= 11 is 0. The molecule has 0 heterocycles. The number of hydrogen-bond donors (Lipinski definition) is 2. The van der Waals surface area contributed by atoms with Gasteiger partial charge in [-0.2, -0.15) is 0 Å². The maximum Gasteiger partial charge on any atom is 0.304 e. The van der Waals surface area contributed by atoms with E-state index in [4.69, 9.17) is 5.11 Å². The molecule has 0 unspecified atom stereocenters. The number of carboxylic acids is 1. The van der Waals surface area contributed by atoms with Crippen molar-refractivity contribution in [2.75, 3.05) is 6.54 Å². The van der Waals surface area contributed by atoms with Gasteiger partial charge in [-0.1, -0.05) is 26.7 Å². The number of carbonyl (C=O) groups is 1. The molecule has 0 aromatic carbocycles. The maximum atomic E-state index is 10.9. The van der Waals surface area contributed by atoms with Gasteiger partial charge in [-0.05, 0) is 24.7 Å². The van der Waals surface area contributed by atoms with Crippen molar-refractivity contribution in [1.29, 1.82) is 0 Å². The highest BCUT2D eigenvalue weighted by Crippen LogP contribution is 2.43. The predicted molar refractivity (Wildman–Crippen MR) is 59.2 cm³/mol. The third kappa shape index (κ3) is 3.95. The molecular formula is C12H24ClNO2. The van der Waals surface area contributed by atoms with Crippen LogP contribution in [0.5, 0.6) is 0 Å². The molecular weight excluding hydrogens is 226 g/mol. The van der Waals surface area contributed by atoms with E-state index in [0.29, 0.717) is 18.3 Å². The molecule has 0 aliphatic heterocycles. The summed E-state index contributed by atoms with van der Waals surface area (Å²) < 4.78 is 0. The fourth-order valence-corrected chi connectivity index (χ4v) is 2.87. The Hall–Kier alpha value is -0.280. The molecule has 16 heavy (non-hydrogen) atoms. The Morgan fingerprint density at radius 1 is 1.56 bits per heavy atom. The molecule has 1 aliphatic rings. The van der Waals surface area contributed by atoms with Crippen LogP contribution in [0.25, 0.3) is 0 Å². The van der Waals surface area contributed by atoms with Crippen molar-refractivity contribution in [2.24, 2.45) is 17.3 Å². The molecule has 1 fully saturated rings. The van der Waals surface area contributed by atoms with Gasteiger partial charge in [-0.25, -0.2) is 0 Å². The van der Waals surface area contributed by atoms with Crippen LogP contribution in [-0.2, 0) is 4.79 Å². The smallest absolute Gasteiger partial charge is 0.304 e. The van der Waals surface area contributed by atoms with E-state index in [0.717, 1.165) is 19.4 Å². The van der Waals surface area contributed by atoms with E-state index in [9.17, 15) is 4.79 Å². The highest BCUT2D eigenvalue weighted by Gasteiger charge is 2.39. The van der Waals surface area contributed by atoms with Crippen LogP contribution in [-0.4, -0.2) is 17.6 Å². The highest BCUT2D eigenvalue weighted by molar-refractivity contribution is 5.67. The van der Waals surface area contributed by atoms with Crippen LogP contribution >= 0.6 is 0 Å². The van der Waals surface area contributed by atoms with Gasteiger partial charge in [-0.3, -0.25) is 4.79 Å². The van der Waals surface area contributed by atoms with Crippen molar-refractivity contribution in [3.63, 3.8) is 0 Å². The lowest BCUT2D eigenvalue weighted by atomic mass is 9.65. The summed E-state index contributed by atoms with van der Waals surface area (Å²) in [6.45, 7) is 5.25. The summed E-state index contributed by atoms with van der Waals surface area (Å²) in [5, 5.41) is 8.96. The predicted octanol–water partition coefficient (Wildman–Crippen LogP) is -1.46. The van der Waals surface area contributed by atoms with E-state index in [1.165, 1.54) is 12.8 Å². The Morgan fingerprint density at radius 2 is 2.19 bits per heavy atom. The molecule has 0 amide bonds. The third-order valence-electron chi connectivity index (χ3n) is 3.98. The van der Waals surface area contributed by atoms with Gasteiger partial charge in [-0.15, -0.1) is 0 Å². The van der Waals surface area contributed by atoms with Gasteiger partial charge in [0.05, 0.1) is 13.0 Å². The van der Waals surface area contributed by atoms with Crippen molar-refractivity contribution in [3.05, 3.63) is 0 Å². The van der Waals surface area contributed by atoms with Crippen LogP contribution in [0.1, 0.15) is 46.0 Å². The largest absolute Gasteiger partial charge is 1.00 e. The van der Waals surface area contributed by atoms with Gasteiger partial charge in [0.25, 0.3) is 0 Å². The highest BCUT2D eigenvalue weighted by atomic mass is 35.5. The minimum Gasteiger partial charge on any atom is -1.00 e. The molecule has 0 spiro atoms. The summed E-state index contributed by atoms with van der Waals surface area (Å²) in [6, 6.07) is 0. The second-order valence-electron chi connectivity index (χ2n) is 5.42. The van der Waals surface area contributed by atoms with Crippen LogP contribution in [0.4, 0.5) is 0 Å². The van der Waals surface area contributed by atoms with Crippen LogP contribution in [0, 0.1) is 17.3 Å². The second-order valence-corrected chi connectivity index (χ2v) is 5.42. The molecule has 1 aliphatic carbocycles. The number of quaternary nitrogens is 1. The summed E-state index contributed by atoms with van der Waals surface area (Å²) in [6.07, 6.45) is 4.84. The molecule has 0 aromatic rings. The monoisotopic (exact) mass is 249 g/mol. The van der Waals surface area contributed by atoms with E-state index in [1.807, 2.05) is 0 Å². The van der Waals surface area contributed by atoms with Crippen LogP contribution in [0.3, 0.4) is 0 Å². The first-order chi connectivity index (χ1) is 6.99. The average molecular weight is 250 g/mol. The molecule has 0 saturated heterocycles. The molecule has 2 atom stereocenters. The second kappa shape index (κ2) is 6.45. The third-order valence-corrected chi connectivity index (χ3v) is 3.98. The molecule has 0 radical (unpaired) electrons. The Bertz CT molecular complexity index is 233. The quantitative estimate of drug-likeness (QED) is 0.640. The standard InChI is InChI=1S/C12H23NO2.ClH/c1-9(2)10-4-3-5-12(6-10,8-13)7-11(14)15;/h9-10H,3-8,13H2,1-2H3,(H,14,15);1H/t10-,12+;/m0./s1. The molecule has 0 aromatic heterocycles. The van der Waals surface area contributed by atoms with E-state index in [-0.39, 0.29) is 17.8 Å². The number of hydrogen-bond acceptors (Lipinski definition) is 1. The van der Waals surface area contributed by atoms with Gasteiger partial charge in [0.2, 0.25) is 0 Å². The van der Waals surface area contributed by atoms with Crippen LogP contribution in [0.2, 0.25) is 0 Å². The topological polar surface area (TPSA) is 64.9 Å². The normalized spacial score (nSPS) is 29.9. The Balaban J connectivity index is 0.00000225. The Morgan fingerprint density at radius 3 is 2.62 bits per heavy atom. The van der Waals surface area contributed by atoms with E-state index in [1.54, 1.807) is 0 Å². The van der Waals surface area contributed by atoms with Crippen molar-refractivity contribution in [3.8, 4) is 0 Å². The molecule has 1 rings (SSSR count). The van der Waals surface area contributed by atoms with Gasteiger partial charge in [0.15, 0.2) is 0 Å². The number of halogens is 1. The number of aliphatic carboxylic acids is 1. The lowest BCUT2D eigenvalue weighted by Crippen LogP contribution is -3.00. The Kier molecular flexibility index (Phi) is 6.34. The molecule has 96 valence electrons. The van der Waals surface area contributed by atoms with Crippen LogP contribution < -0.4 is 18.1 Å². The lowest BCUT2D eigenvalue weighted by Gasteiger charge is -2.39. The zero-order chi connectivity index (χ0) is 11.5. The average Bonchev–Trinajstić information content (AvgIpc) is 2.17. The van der Waals surface area contributed by atoms with E-state index >= 15 is 0 Å². The van der Waals surface area contributed by atoms with Gasteiger partial charge < -0.3 is 23.2 Å². The summed E-state index contributed by atoms with van der Waals surface area (Å²) in [5.74, 6) is 0.702. The Labute approximate surface area is 104 Å². The molecule has 0 bridgehead atoms. The SMILES string of the molecule is CC(C)[C@H]1CCC[C@](C[NH3+])(CC(=O)O)C1.[Cl-]. The first-order valence-electron chi connectivity index (χ1n) is 6.00. The van der Waals surface area contributed by atoms with Crippen molar-refractivity contribution >= 4 is 5.97 Å². The van der Waals surface area contributed by atoms with Crippen molar-refractivity contribution in [2.45, 2.75) is 46.0 Å². The lowest BCUT2D eigenvalue weighted by molar-refractivity contribution is -0.396. The number of carboxylic acid groups (broad SMARTS) is 1. The van der Waals surface area contributed by atoms with Gasteiger partial charge >= 0.3 is 5.97 Å². The van der Waals surface area contributed by atoms with Crippen molar-refractivity contribution in [1.82, 2.24) is 0 Å². The minimum absolute atomic E-state index is 0. The van der Waals surface area contributed by atoms with E-state index < -0.39 is 5.97 Å². The molecule has 4 N–H and O–H groups in total. The van der Waals surface area contributed by atoms with Gasteiger partial charge in [0.1, 0.15) is 0 Å². The zero-order valence-corrected chi connectivity index (χ0v) is 11.1. The first-order valence-corrected chi connectivity index (χ1v) is 6.00. The van der Waals surface area contributed by atoms with Gasteiger partial charge in [0, 0.05) is 5.41 Å².